The number of hydrogen-bond donors (Lipinski definition) is 6. The van der Waals surface area contributed by atoms with Gasteiger partial charge in [-0.2, -0.15) is 0 Å². The number of aliphatic hydroxyl groups is 3. The number of carbonyl (C=O) groups excluding carboxylic acids is 3. The summed E-state index contributed by atoms with van der Waals surface area (Å²) in [6.45, 7) is 1.21. The maximum Gasteiger partial charge on any atom is 0.274 e. The molecule has 0 radical (unpaired) electrons. The Kier molecular flexibility index (Phi) is 15.6. The Labute approximate surface area is 304 Å². The van der Waals surface area contributed by atoms with Crippen molar-refractivity contribution in [3.05, 3.63) is 12.7 Å². The first-order valence-corrected chi connectivity index (χ1v) is 20.5. The van der Waals surface area contributed by atoms with Crippen LogP contribution in [0, 0.1) is 5.41 Å². The maximum atomic E-state index is 12.5. The third kappa shape index (κ3) is 13.4. The van der Waals surface area contributed by atoms with Crippen molar-refractivity contribution in [1.29, 1.82) is 0 Å². The number of phosphoric acid groups is 3. The summed E-state index contributed by atoms with van der Waals surface area (Å²) in [5.74, 6) is -1.44. The van der Waals surface area contributed by atoms with Gasteiger partial charge in [0.15, 0.2) is 17.7 Å². The van der Waals surface area contributed by atoms with Gasteiger partial charge >= 0.3 is 0 Å². The number of nitrogens with zero attached hydrogens (tertiary/aromatic N) is 4. The van der Waals surface area contributed by atoms with E-state index in [0.717, 1.165) is 29.0 Å². The number of anilines is 1. The van der Waals surface area contributed by atoms with Crippen LogP contribution in [0.25, 0.3) is 11.2 Å². The number of aromatic nitrogens is 4. The number of rotatable bonds is 20. The van der Waals surface area contributed by atoms with E-state index >= 15 is 0 Å². The number of nitrogens with two attached hydrogens (primary N) is 1. The van der Waals surface area contributed by atoms with Gasteiger partial charge < -0.3 is 74.1 Å². The van der Waals surface area contributed by atoms with Gasteiger partial charge in [-0.05, 0) is 6.92 Å². The lowest BCUT2D eigenvalue weighted by Gasteiger charge is -2.36. The Balaban J connectivity index is 1.52. The number of carbonyl (C=O) groups is 3. The predicted molar refractivity (Wildman–Crippen MR) is 170 cm³/mol. The quantitative estimate of drug-likeness (QED) is 0.0541. The molecule has 53 heavy (non-hydrogen) atoms. The van der Waals surface area contributed by atoms with Gasteiger partial charge in [-0.25, -0.2) is 19.3 Å². The number of aliphatic hydroxyl groups excluding tert-OH is 3. The Morgan fingerprint density at radius 1 is 1.08 bits per heavy atom. The summed E-state index contributed by atoms with van der Waals surface area (Å²) >= 11 is 0.817. The van der Waals surface area contributed by atoms with E-state index in [4.69, 9.17) is 15.6 Å². The highest BCUT2D eigenvalue weighted by molar-refractivity contribution is 8.13. The standard InChI is InChI=1S/C24H40N7O18P3S/c1-12(32)23(37)53-7-6-26-14(33)4-5-27-21(36)18(35)24(2,3)9-46-52(43,44)49-51(41,42)45-8-13-17(48-50(38,39)40)16(34)22(47-13)31-11-30-15-19(25)28-10-29-20(15)31/h10-13,16-18,22,32,34-35H,4-9H2,1-3H3,(H,26,33)(H,27,36)(H,41,42)(H,43,44)(H2,25,28,29)(H2,38,39,40)/p-4/t12-,13-,16-,17-,18+,22-/m1/s1. The number of fused-ring (bicyclic) bond motifs is 1. The van der Waals surface area contributed by atoms with Gasteiger partial charge in [-0.15, -0.1) is 0 Å². The van der Waals surface area contributed by atoms with Gasteiger partial charge in [-0.3, -0.25) is 28.1 Å². The monoisotopic (exact) mass is 835 g/mol. The molecule has 29 heteroatoms. The molecule has 0 saturated carbocycles. The zero-order valence-electron chi connectivity index (χ0n) is 27.9. The van der Waals surface area contributed by atoms with Crippen LogP contribution in [0.2, 0.25) is 0 Å². The molecule has 1 aliphatic heterocycles. The van der Waals surface area contributed by atoms with Gasteiger partial charge in [0.2, 0.25) is 16.9 Å². The molecule has 7 N–H and O–H groups in total. The smallest absolute Gasteiger partial charge is 0.274 e. The molecule has 2 unspecified atom stereocenters. The second-order valence-corrected chi connectivity index (χ2v) is 17.0. The molecule has 1 fully saturated rings. The van der Waals surface area contributed by atoms with E-state index in [0.29, 0.717) is 0 Å². The van der Waals surface area contributed by atoms with Gasteiger partial charge in [0.05, 0.1) is 27.4 Å². The number of nitrogens with one attached hydrogen (secondary N) is 2. The molecule has 1 saturated heterocycles. The lowest BCUT2D eigenvalue weighted by atomic mass is 9.87. The van der Waals surface area contributed by atoms with Gasteiger partial charge in [-0.1, -0.05) is 25.6 Å². The highest BCUT2D eigenvalue weighted by Gasteiger charge is 2.47. The van der Waals surface area contributed by atoms with E-state index in [2.05, 4.69) is 43.5 Å². The minimum atomic E-state index is -5.92. The van der Waals surface area contributed by atoms with E-state index in [1.165, 1.54) is 20.8 Å². The van der Waals surface area contributed by atoms with Crippen LogP contribution in [0.4, 0.5) is 5.82 Å². The van der Waals surface area contributed by atoms with Crippen LogP contribution in [-0.2, 0) is 50.7 Å². The summed E-state index contributed by atoms with van der Waals surface area (Å²) in [6, 6.07) is 0. The van der Waals surface area contributed by atoms with Crippen molar-refractivity contribution in [2.24, 2.45) is 5.41 Å². The van der Waals surface area contributed by atoms with Gasteiger partial charge in [0.1, 0.15) is 42.4 Å². The molecule has 3 heterocycles. The molecule has 300 valence electrons. The molecule has 0 spiro atoms. The topological polar surface area (TPSA) is 395 Å². The molecule has 2 aromatic rings. The van der Waals surface area contributed by atoms with E-state index in [1.807, 2.05) is 0 Å². The zero-order chi connectivity index (χ0) is 39.9. The number of phosphoric ester groups is 3. The Hall–Kier alpha value is -2.48. The summed E-state index contributed by atoms with van der Waals surface area (Å²) in [5, 5.41) is 34.6. The Morgan fingerprint density at radius 3 is 2.38 bits per heavy atom. The lowest BCUT2D eigenvalue weighted by Crippen LogP contribution is -2.46. The minimum absolute atomic E-state index is 0.0267. The largest absolute Gasteiger partial charge is 0.790 e. The maximum absolute atomic E-state index is 12.5. The fourth-order valence-corrected chi connectivity index (χ4v) is 7.76. The molecule has 0 bridgehead atoms. The molecule has 8 atom stereocenters. The normalized spacial score (nSPS) is 22.8. The number of amides is 2. The predicted octanol–water partition coefficient (Wildman–Crippen LogP) is -4.48. The summed E-state index contributed by atoms with van der Waals surface area (Å²) in [6.07, 6.45) is -8.83. The third-order valence-corrected chi connectivity index (χ3v) is 11.1. The van der Waals surface area contributed by atoms with Crippen LogP contribution in [0.15, 0.2) is 12.7 Å². The van der Waals surface area contributed by atoms with E-state index in [-0.39, 0.29) is 42.2 Å². The van der Waals surface area contributed by atoms with Crippen molar-refractivity contribution < 1.29 is 85.6 Å². The highest BCUT2D eigenvalue weighted by atomic mass is 32.2. The van der Waals surface area contributed by atoms with Crippen molar-refractivity contribution >= 4 is 69.1 Å². The van der Waals surface area contributed by atoms with Crippen molar-refractivity contribution in [3.8, 4) is 0 Å². The van der Waals surface area contributed by atoms with E-state index < -0.39 is 95.8 Å². The summed E-state index contributed by atoms with van der Waals surface area (Å²) in [5.41, 5.74) is 4.03. The summed E-state index contributed by atoms with van der Waals surface area (Å²) < 4.78 is 60.2. The lowest BCUT2D eigenvalue weighted by molar-refractivity contribution is -0.347. The average molecular weight is 836 g/mol. The molecule has 3 rings (SSSR count). The molecular weight excluding hydrogens is 799 g/mol. The summed E-state index contributed by atoms with van der Waals surface area (Å²) in [7, 11) is -17.6. The van der Waals surface area contributed by atoms with Gasteiger partial charge in [0, 0.05) is 30.7 Å². The average Bonchev–Trinajstić information content (AvgIpc) is 3.60. The molecule has 25 nitrogen and oxygen atoms in total. The first kappa shape index (κ1) is 44.9. The summed E-state index contributed by atoms with van der Waals surface area (Å²) in [4.78, 5) is 94.9. The molecule has 1 aliphatic rings. The fourth-order valence-electron chi connectivity index (χ4n) is 4.38. The van der Waals surface area contributed by atoms with E-state index in [9.17, 15) is 57.9 Å². The molecular formula is C24H36N7O18P3S-4. The number of nitrogen functional groups attached to an aromatic ring is 1. The van der Waals surface area contributed by atoms with Crippen molar-refractivity contribution in [3.63, 3.8) is 0 Å². The molecule has 0 aliphatic carbocycles. The second-order valence-electron chi connectivity index (χ2n) is 11.8. The number of imidazole rings is 1. The Morgan fingerprint density at radius 2 is 1.74 bits per heavy atom. The number of hydrogen-bond acceptors (Lipinski definition) is 23. The third-order valence-electron chi connectivity index (χ3n) is 7.06. The fraction of sp³-hybridized carbons (Fsp3) is 0.667. The van der Waals surface area contributed by atoms with Crippen molar-refractivity contribution in [2.45, 2.75) is 63.9 Å². The zero-order valence-corrected chi connectivity index (χ0v) is 31.4. The molecule has 0 aromatic carbocycles. The first-order chi connectivity index (χ1) is 24.4. The van der Waals surface area contributed by atoms with Crippen molar-refractivity contribution in [2.75, 3.05) is 37.8 Å². The minimum Gasteiger partial charge on any atom is -0.790 e. The van der Waals surface area contributed by atoms with Crippen LogP contribution in [0.3, 0.4) is 0 Å². The molecule has 2 amide bonds. The van der Waals surface area contributed by atoms with Crippen LogP contribution in [0.1, 0.15) is 33.4 Å². The highest BCUT2D eigenvalue weighted by Crippen LogP contribution is 2.56. The first-order valence-electron chi connectivity index (χ1n) is 15.1. The van der Waals surface area contributed by atoms with Crippen LogP contribution in [-0.4, -0.2) is 114 Å². The van der Waals surface area contributed by atoms with Gasteiger partial charge in [0.25, 0.3) is 15.6 Å². The Bertz CT molecular complexity index is 1760. The second kappa shape index (κ2) is 18.4. The van der Waals surface area contributed by atoms with Crippen LogP contribution < -0.4 is 35.9 Å². The van der Waals surface area contributed by atoms with Crippen LogP contribution in [0.5, 0.6) is 0 Å². The van der Waals surface area contributed by atoms with E-state index in [1.54, 1.807) is 0 Å². The number of ether oxygens (including phenoxy) is 1. The number of thioether (sulfide) groups is 1. The van der Waals surface area contributed by atoms with Crippen LogP contribution >= 0.6 is 35.2 Å². The van der Waals surface area contributed by atoms with Crippen molar-refractivity contribution in [1.82, 2.24) is 30.2 Å². The SMILES string of the molecule is C[C@@H](O)C(=O)SCCNC(=O)CCNC(=O)[C@H](O)C(C)(C)COP(=O)([O-])OP(=O)([O-])OC[C@H]1O[C@@H](n2cnc3c(N)ncnc32)[C@H](O)[C@@H]1OP(=O)([O-])[O-]. The molecule has 2 aromatic heterocycles.